The number of hydrogen-bond acceptors (Lipinski definition) is 5. The van der Waals surface area contributed by atoms with Gasteiger partial charge >= 0.3 is 0 Å². The highest BCUT2D eigenvalue weighted by Gasteiger charge is 2.15. The second-order valence-corrected chi connectivity index (χ2v) is 4.36. The van der Waals surface area contributed by atoms with Crippen molar-refractivity contribution in [2.75, 3.05) is 17.7 Å². The summed E-state index contributed by atoms with van der Waals surface area (Å²) in [5.74, 6) is 1.96. The lowest BCUT2D eigenvalue weighted by Gasteiger charge is -2.13. The second kappa shape index (κ2) is 5.82. The molecule has 1 aromatic rings. The molecule has 0 radical (unpaired) electrons. The van der Waals surface area contributed by atoms with Crippen LogP contribution in [0.5, 0.6) is 0 Å². The first kappa shape index (κ1) is 12.1. The number of anilines is 2. The molecule has 0 bridgehead atoms. The second-order valence-electron chi connectivity index (χ2n) is 4.36. The molecule has 0 atom stereocenters. The van der Waals surface area contributed by atoms with Gasteiger partial charge in [-0.25, -0.2) is 9.97 Å². The van der Waals surface area contributed by atoms with E-state index in [1.807, 2.05) is 6.92 Å². The Bertz CT molecular complexity index is 364. The largest absolute Gasteiger partial charge is 0.384 e. The van der Waals surface area contributed by atoms with E-state index < -0.39 is 0 Å². The normalized spacial score (nSPS) is 16.3. The zero-order valence-corrected chi connectivity index (χ0v) is 10.3. The van der Waals surface area contributed by atoms with Gasteiger partial charge in [0.1, 0.15) is 18.2 Å². The van der Waals surface area contributed by atoms with Gasteiger partial charge in [-0.05, 0) is 19.8 Å². The van der Waals surface area contributed by atoms with Crippen LogP contribution in [0.4, 0.5) is 11.6 Å². The van der Waals surface area contributed by atoms with E-state index in [9.17, 15) is 0 Å². The molecular formula is C12H20N4O. The van der Waals surface area contributed by atoms with Crippen molar-refractivity contribution in [2.45, 2.75) is 45.3 Å². The van der Waals surface area contributed by atoms with E-state index in [0.29, 0.717) is 30.9 Å². The summed E-state index contributed by atoms with van der Waals surface area (Å²) in [4.78, 5) is 8.55. The summed E-state index contributed by atoms with van der Waals surface area (Å²) in [7, 11) is 0. The first-order valence-corrected chi connectivity index (χ1v) is 6.25. The van der Waals surface area contributed by atoms with E-state index in [4.69, 9.17) is 10.5 Å². The third-order valence-corrected chi connectivity index (χ3v) is 2.93. The Morgan fingerprint density at radius 2 is 2.18 bits per heavy atom. The third kappa shape index (κ3) is 3.56. The molecule has 0 amide bonds. The van der Waals surface area contributed by atoms with Gasteiger partial charge in [0.05, 0.1) is 0 Å². The summed E-state index contributed by atoms with van der Waals surface area (Å²) < 4.78 is 5.29. The van der Waals surface area contributed by atoms with E-state index in [2.05, 4.69) is 15.3 Å². The first-order chi connectivity index (χ1) is 8.28. The van der Waals surface area contributed by atoms with Crippen molar-refractivity contribution in [3.05, 3.63) is 11.9 Å². The number of hydrogen-bond donors (Lipinski definition) is 2. The first-order valence-electron chi connectivity index (χ1n) is 6.25. The molecule has 1 aliphatic rings. The van der Waals surface area contributed by atoms with Gasteiger partial charge in [0.2, 0.25) is 0 Å². The predicted molar refractivity (Wildman–Crippen MR) is 67.7 cm³/mol. The van der Waals surface area contributed by atoms with Gasteiger partial charge in [-0.2, -0.15) is 0 Å². The highest BCUT2D eigenvalue weighted by molar-refractivity contribution is 5.45. The van der Waals surface area contributed by atoms with Crippen molar-refractivity contribution in [1.29, 1.82) is 0 Å². The van der Waals surface area contributed by atoms with Crippen molar-refractivity contribution >= 4 is 11.6 Å². The lowest BCUT2D eigenvalue weighted by Crippen LogP contribution is -2.17. The van der Waals surface area contributed by atoms with Crippen LogP contribution in [0, 0.1) is 0 Å². The predicted octanol–water partition coefficient (Wildman–Crippen LogP) is 1.95. The maximum atomic E-state index is 5.76. The molecule has 0 aliphatic heterocycles. The molecule has 5 heteroatoms. The SMILES string of the molecule is CCOCc1nc(N)cc(NC2CCCC2)n1. The summed E-state index contributed by atoms with van der Waals surface area (Å²) >= 11 is 0. The molecule has 0 aromatic carbocycles. The maximum absolute atomic E-state index is 5.76. The van der Waals surface area contributed by atoms with Crippen LogP contribution in [0.1, 0.15) is 38.4 Å². The molecule has 17 heavy (non-hydrogen) atoms. The quantitative estimate of drug-likeness (QED) is 0.817. The third-order valence-electron chi connectivity index (χ3n) is 2.93. The highest BCUT2D eigenvalue weighted by atomic mass is 16.5. The smallest absolute Gasteiger partial charge is 0.158 e. The molecule has 0 saturated heterocycles. The molecule has 3 N–H and O–H groups in total. The lowest BCUT2D eigenvalue weighted by molar-refractivity contribution is 0.128. The van der Waals surface area contributed by atoms with E-state index in [-0.39, 0.29) is 0 Å². The molecule has 1 aromatic heterocycles. The average molecular weight is 236 g/mol. The number of nitrogens with one attached hydrogen (secondary N) is 1. The van der Waals surface area contributed by atoms with E-state index >= 15 is 0 Å². The Hall–Kier alpha value is -1.36. The van der Waals surface area contributed by atoms with Crippen LogP contribution >= 0.6 is 0 Å². The topological polar surface area (TPSA) is 73.1 Å². The van der Waals surface area contributed by atoms with Crippen molar-refractivity contribution in [2.24, 2.45) is 0 Å². The summed E-state index contributed by atoms with van der Waals surface area (Å²) in [5.41, 5.74) is 5.76. The van der Waals surface area contributed by atoms with E-state index in [0.717, 1.165) is 5.82 Å². The van der Waals surface area contributed by atoms with Crippen LogP contribution in [0.15, 0.2) is 6.07 Å². The number of rotatable bonds is 5. The molecular weight excluding hydrogens is 216 g/mol. The zero-order chi connectivity index (χ0) is 12.1. The molecule has 5 nitrogen and oxygen atoms in total. The molecule has 1 heterocycles. The number of ether oxygens (including phenoxy) is 1. The summed E-state index contributed by atoms with van der Waals surface area (Å²) in [5, 5.41) is 3.41. The average Bonchev–Trinajstić information content (AvgIpc) is 2.78. The standard InChI is InChI=1S/C12H20N4O/c1-2-17-8-12-15-10(13)7-11(16-12)14-9-5-3-4-6-9/h7,9H,2-6,8H2,1H3,(H3,13,14,15,16). The molecule has 2 rings (SSSR count). The molecule has 94 valence electrons. The fraction of sp³-hybridized carbons (Fsp3) is 0.667. The van der Waals surface area contributed by atoms with Crippen molar-refractivity contribution in [1.82, 2.24) is 9.97 Å². The van der Waals surface area contributed by atoms with Crippen LogP contribution in [-0.2, 0) is 11.3 Å². The number of nitrogens with zero attached hydrogens (tertiary/aromatic N) is 2. The number of nitrogen functional groups attached to an aromatic ring is 1. The van der Waals surface area contributed by atoms with E-state index in [1.54, 1.807) is 6.07 Å². The maximum Gasteiger partial charge on any atom is 0.158 e. The van der Waals surface area contributed by atoms with Crippen LogP contribution in [-0.4, -0.2) is 22.6 Å². The minimum absolute atomic E-state index is 0.418. The Labute approximate surface area is 102 Å². The molecule has 1 fully saturated rings. The Balaban J connectivity index is 2.02. The minimum Gasteiger partial charge on any atom is -0.384 e. The van der Waals surface area contributed by atoms with Crippen LogP contribution in [0.2, 0.25) is 0 Å². The zero-order valence-electron chi connectivity index (χ0n) is 10.3. The van der Waals surface area contributed by atoms with Crippen LogP contribution in [0.3, 0.4) is 0 Å². The van der Waals surface area contributed by atoms with Crippen molar-refractivity contribution < 1.29 is 4.74 Å². The number of aromatic nitrogens is 2. The van der Waals surface area contributed by atoms with Gasteiger partial charge in [-0.1, -0.05) is 12.8 Å². The van der Waals surface area contributed by atoms with Crippen LogP contribution in [0.25, 0.3) is 0 Å². The van der Waals surface area contributed by atoms with Crippen molar-refractivity contribution in [3.8, 4) is 0 Å². The Kier molecular flexibility index (Phi) is 4.14. The minimum atomic E-state index is 0.418. The monoisotopic (exact) mass is 236 g/mol. The van der Waals surface area contributed by atoms with Gasteiger partial charge in [-0.3, -0.25) is 0 Å². The molecule has 1 saturated carbocycles. The summed E-state index contributed by atoms with van der Waals surface area (Å²) in [6.07, 6.45) is 5.02. The molecule has 0 unspecified atom stereocenters. The van der Waals surface area contributed by atoms with Gasteiger partial charge in [0.25, 0.3) is 0 Å². The summed E-state index contributed by atoms with van der Waals surface area (Å²) in [6, 6.07) is 2.32. The van der Waals surface area contributed by atoms with E-state index in [1.165, 1.54) is 25.7 Å². The van der Waals surface area contributed by atoms with Gasteiger partial charge < -0.3 is 15.8 Å². The highest BCUT2D eigenvalue weighted by Crippen LogP contribution is 2.22. The summed E-state index contributed by atoms with van der Waals surface area (Å²) in [6.45, 7) is 3.02. The fourth-order valence-corrected chi connectivity index (χ4v) is 2.13. The molecule has 1 aliphatic carbocycles. The van der Waals surface area contributed by atoms with Crippen molar-refractivity contribution in [3.63, 3.8) is 0 Å². The Morgan fingerprint density at radius 1 is 1.41 bits per heavy atom. The molecule has 0 spiro atoms. The van der Waals surface area contributed by atoms with Gasteiger partial charge in [0.15, 0.2) is 5.82 Å². The lowest BCUT2D eigenvalue weighted by atomic mass is 10.2. The number of nitrogens with two attached hydrogens (primary N) is 1. The van der Waals surface area contributed by atoms with Gasteiger partial charge in [0, 0.05) is 18.7 Å². The Morgan fingerprint density at radius 3 is 2.88 bits per heavy atom. The fourth-order valence-electron chi connectivity index (χ4n) is 2.13. The van der Waals surface area contributed by atoms with Crippen LogP contribution < -0.4 is 11.1 Å². The van der Waals surface area contributed by atoms with Gasteiger partial charge in [-0.15, -0.1) is 0 Å².